The summed E-state index contributed by atoms with van der Waals surface area (Å²) >= 11 is 0. The van der Waals surface area contributed by atoms with Gasteiger partial charge in [-0.15, -0.1) is 0 Å². The first kappa shape index (κ1) is 13.2. The van der Waals surface area contributed by atoms with Crippen LogP contribution < -0.4 is 14.8 Å². The number of nitrogens with zero attached hydrogens (tertiary/aromatic N) is 1. The summed E-state index contributed by atoms with van der Waals surface area (Å²) in [6.45, 7) is 6.44. The fourth-order valence-corrected chi connectivity index (χ4v) is 2.24. The van der Waals surface area contributed by atoms with E-state index in [0.29, 0.717) is 6.04 Å². The second-order valence-corrected chi connectivity index (χ2v) is 4.56. The van der Waals surface area contributed by atoms with E-state index >= 15 is 0 Å². The van der Waals surface area contributed by atoms with Crippen molar-refractivity contribution in [3.63, 3.8) is 0 Å². The highest BCUT2D eigenvalue weighted by Crippen LogP contribution is 2.28. The van der Waals surface area contributed by atoms with Crippen molar-refractivity contribution in [2.45, 2.75) is 19.5 Å². The Kier molecular flexibility index (Phi) is 4.44. The molecular formula is C14H22N2O2. The summed E-state index contributed by atoms with van der Waals surface area (Å²) in [4.78, 5) is 2.48. The Labute approximate surface area is 109 Å². The van der Waals surface area contributed by atoms with E-state index in [9.17, 15) is 0 Å². The summed E-state index contributed by atoms with van der Waals surface area (Å²) in [5, 5.41) is 3.32. The number of hydrogen-bond donors (Lipinski definition) is 1. The van der Waals surface area contributed by atoms with Gasteiger partial charge in [-0.05, 0) is 24.2 Å². The van der Waals surface area contributed by atoms with Crippen molar-refractivity contribution in [1.82, 2.24) is 10.2 Å². The minimum absolute atomic E-state index is 0.670. The number of ether oxygens (including phenoxy) is 2. The van der Waals surface area contributed by atoms with Crippen molar-refractivity contribution in [3.05, 3.63) is 23.8 Å². The molecule has 0 saturated carbocycles. The molecule has 100 valence electrons. The quantitative estimate of drug-likeness (QED) is 0.829. The van der Waals surface area contributed by atoms with Crippen LogP contribution >= 0.6 is 0 Å². The molecule has 1 N–H and O–H groups in total. The SMILES string of the molecule is CCN(Cc1ccc(OC)c(OC)c1)C1CNC1. The molecule has 0 unspecified atom stereocenters. The summed E-state index contributed by atoms with van der Waals surface area (Å²) < 4.78 is 10.6. The third-order valence-electron chi connectivity index (χ3n) is 3.52. The number of benzene rings is 1. The van der Waals surface area contributed by atoms with E-state index in [4.69, 9.17) is 9.47 Å². The van der Waals surface area contributed by atoms with Crippen molar-refractivity contribution in [2.24, 2.45) is 0 Å². The molecule has 1 aliphatic rings. The highest BCUT2D eigenvalue weighted by Gasteiger charge is 2.23. The number of rotatable bonds is 6. The summed E-state index contributed by atoms with van der Waals surface area (Å²) in [6, 6.07) is 6.81. The van der Waals surface area contributed by atoms with E-state index in [2.05, 4.69) is 29.3 Å². The summed E-state index contributed by atoms with van der Waals surface area (Å²) in [5.41, 5.74) is 1.27. The Hall–Kier alpha value is -1.26. The summed E-state index contributed by atoms with van der Waals surface area (Å²) in [5.74, 6) is 1.59. The van der Waals surface area contributed by atoms with Crippen LogP contribution in [0, 0.1) is 0 Å². The number of nitrogens with one attached hydrogen (secondary N) is 1. The molecule has 0 bridgehead atoms. The Morgan fingerprint density at radius 1 is 1.22 bits per heavy atom. The molecule has 2 rings (SSSR count). The first-order chi connectivity index (χ1) is 8.78. The molecule has 4 heteroatoms. The number of likely N-dealkylation sites (N-methyl/N-ethyl adjacent to an activating group) is 1. The van der Waals surface area contributed by atoms with E-state index in [1.165, 1.54) is 5.56 Å². The average Bonchev–Trinajstić information content (AvgIpc) is 2.35. The first-order valence-corrected chi connectivity index (χ1v) is 6.44. The predicted octanol–water partition coefficient (Wildman–Crippen LogP) is 1.50. The van der Waals surface area contributed by atoms with Crippen molar-refractivity contribution in [2.75, 3.05) is 33.9 Å². The molecule has 0 spiro atoms. The standard InChI is InChI=1S/C14H22N2O2/c1-4-16(12-8-15-9-12)10-11-5-6-13(17-2)14(7-11)18-3/h5-7,12,15H,4,8-10H2,1-3H3. The van der Waals surface area contributed by atoms with Crippen LogP contribution in [0.3, 0.4) is 0 Å². The Balaban J connectivity index is 2.07. The molecule has 0 radical (unpaired) electrons. The van der Waals surface area contributed by atoms with Gasteiger partial charge in [-0.3, -0.25) is 4.90 Å². The van der Waals surface area contributed by atoms with Gasteiger partial charge in [0.05, 0.1) is 14.2 Å². The molecule has 1 saturated heterocycles. The average molecular weight is 250 g/mol. The molecule has 0 amide bonds. The van der Waals surface area contributed by atoms with Crippen molar-refractivity contribution in [1.29, 1.82) is 0 Å². The molecule has 0 aromatic heterocycles. The third kappa shape index (κ3) is 2.76. The van der Waals surface area contributed by atoms with Gasteiger partial charge in [0.2, 0.25) is 0 Å². The lowest BCUT2D eigenvalue weighted by Gasteiger charge is -2.37. The van der Waals surface area contributed by atoms with E-state index in [-0.39, 0.29) is 0 Å². The zero-order valence-corrected chi connectivity index (χ0v) is 11.4. The van der Waals surface area contributed by atoms with Gasteiger partial charge in [-0.1, -0.05) is 13.0 Å². The third-order valence-corrected chi connectivity index (χ3v) is 3.52. The van der Waals surface area contributed by atoms with Gasteiger partial charge in [-0.25, -0.2) is 0 Å². The van der Waals surface area contributed by atoms with Crippen LogP contribution in [0.5, 0.6) is 11.5 Å². The molecule has 1 aromatic carbocycles. The lowest BCUT2D eigenvalue weighted by Crippen LogP contribution is -2.56. The predicted molar refractivity (Wildman–Crippen MR) is 72.3 cm³/mol. The first-order valence-electron chi connectivity index (χ1n) is 6.44. The van der Waals surface area contributed by atoms with E-state index in [1.54, 1.807) is 14.2 Å². The largest absolute Gasteiger partial charge is 0.493 e. The smallest absolute Gasteiger partial charge is 0.161 e. The highest BCUT2D eigenvalue weighted by molar-refractivity contribution is 5.42. The molecule has 1 aliphatic heterocycles. The van der Waals surface area contributed by atoms with Crippen LogP contribution in [0.15, 0.2) is 18.2 Å². The molecule has 1 aromatic rings. The zero-order chi connectivity index (χ0) is 13.0. The summed E-state index contributed by atoms with van der Waals surface area (Å²) in [7, 11) is 3.34. The maximum Gasteiger partial charge on any atom is 0.161 e. The van der Waals surface area contributed by atoms with Gasteiger partial charge in [0.1, 0.15) is 0 Å². The Morgan fingerprint density at radius 2 is 1.94 bits per heavy atom. The van der Waals surface area contributed by atoms with Crippen molar-refractivity contribution < 1.29 is 9.47 Å². The van der Waals surface area contributed by atoms with Crippen molar-refractivity contribution >= 4 is 0 Å². The molecular weight excluding hydrogens is 228 g/mol. The zero-order valence-electron chi connectivity index (χ0n) is 11.4. The van der Waals surface area contributed by atoms with Gasteiger partial charge in [0, 0.05) is 25.7 Å². The molecule has 0 aliphatic carbocycles. The van der Waals surface area contributed by atoms with Gasteiger partial charge in [0.15, 0.2) is 11.5 Å². The molecule has 4 nitrogen and oxygen atoms in total. The van der Waals surface area contributed by atoms with Crippen LogP contribution in [-0.4, -0.2) is 44.8 Å². The topological polar surface area (TPSA) is 33.7 Å². The van der Waals surface area contributed by atoms with E-state index in [0.717, 1.165) is 37.7 Å². The summed E-state index contributed by atoms with van der Waals surface area (Å²) in [6.07, 6.45) is 0. The fourth-order valence-electron chi connectivity index (χ4n) is 2.24. The molecule has 1 fully saturated rings. The minimum atomic E-state index is 0.670. The monoisotopic (exact) mass is 250 g/mol. The maximum atomic E-state index is 5.34. The van der Waals surface area contributed by atoms with Gasteiger partial charge >= 0.3 is 0 Å². The van der Waals surface area contributed by atoms with Gasteiger partial charge in [0.25, 0.3) is 0 Å². The van der Waals surface area contributed by atoms with Gasteiger partial charge < -0.3 is 14.8 Å². The minimum Gasteiger partial charge on any atom is -0.493 e. The highest BCUT2D eigenvalue weighted by atomic mass is 16.5. The van der Waals surface area contributed by atoms with Gasteiger partial charge in [-0.2, -0.15) is 0 Å². The molecule has 1 heterocycles. The van der Waals surface area contributed by atoms with E-state index < -0.39 is 0 Å². The fraction of sp³-hybridized carbons (Fsp3) is 0.571. The molecule has 0 atom stereocenters. The normalized spacial score (nSPS) is 15.6. The van der Waals surface area contributed by atoms with Crippen LogP contribution in [0.4, 0.5) is 0 Å². The lowest BCUT2D eigenvalue weighted by atomic mass is 10.1. The number of hydrogen-bond acceptors (Lipinski definition) is 4. The lowest BCUT2D eigenvalue weighted by molar-refractivity contribution is 0.145. The second-order valence-electron chi connectivity index (χ2n) is 4.56. The Morgan fingerprint density at radius 3 is 2.44 bits per heavy atom. The van der Waals surface area contributed by atoms with E-state index in [1.807, 2.05) is 6.07 Å². The Bertz CT molecular complexity index is 391. The van der Waals surface area contributed by atoms with Crippen LogP contribution in [0.2, 0.25) is 0 Å². The maximum absolute atomic E-state index is 5.34. The second kappa shape index (κ2) is 6.07. The van der Waals surface area contributed by atoms with Crippen LogP contribution in [0.1, 0.15) is 12.5 Å². The van der Waals surface area contributed by atoms with Crippen molar-refractivity contribution in [3.8, 4) is 11.5 Å². The van der Waals surface area contributed by atoms with Crippen LogP contribution in [-0.2, 0) is 6.54 Å². The number of methoxy groups -OCH3 is 2. The van der Waals surface area contributed by atoms with Crippen LogP contribution in [0.25, 0.3) is 0 Å². The molecule has 18 heavy (non-hydrogen) atoms.